The van der Waals surface area contributed by atoms with E-state index in [1.54, 1.807) is 0 Å². The van der Waals surface area contributed by atoms with E-state index in [0.717, 1.165) is 17.7 Å². The van der Waals surface area contributed by atoms with E-state index in [1.165, 1.54) is 10.6 Å². The van der Waals surface area contributed by atoms with Crippen molar-refractivity contribution in [2.45, 2.75) is 19.4 Å². The first kappa shape index (κ1) is 15.3. The van der Waals surface area contributed by atoms with Crippen LogP contribution in [0.5, 0.6) is 0 Å². The fourth-order valence-electron chi connectivity index (χ4n) is 2.57. The fraction of sp³-hybridized carbons (Fsp3) is 0.571. The molecule has 1 fully saturated rings. The molecule has 0 spiro atoms. The first-order chi connectivity index (χ1) is 9.43. The summed E-state index contributed by atoms with van der Waals surface area (Å²) < 4.78 is 24.6. The summed E-state index contributed by atoms with van der Waals surface area (Å²) in [7, 11) is -3.08. The molecule has 1 aromatic rings. The van der Waals surface area contributed by atoms with Gasteiger partial charge in [-0.3, -0.25) is 0 Å². The van der Waals surface area contributed by atoms with Crippen molar-refractivity contribution in [3.8, 4) is 0 Å². The van der Waals surface area contributed by atoms with Crippen molar-refractivity contribution in [1.29, 1.82) is 0 Å². The number of para-hydroxylation sites is 1. The maximum atomic E-state index is 11.5. The Hall–Kier alpha value is -1.11. The lowest BCUT2D eigenvalue weighted by molar-refractivity contribution is 0.387. The third kappa shape index (κ3) is 3.31. The quantitative estimate of drug-likeness (QED) is 0.906. The molecular formula is C14H23N3O2S. The molecule has 1 aliphatic rings. The molecule has 5 nitrogen and oxygen atoms in total. The van der Waals surface area contributed by atoms with Gasteiger partial charge in [0.05, 0.1) is 6.26 Å². The van der Waals surface area contributed by atoms with E-state index in [9.17, 15) is 8.42 Å². The summed E-state index contributed by atoms with van der Waals surface area (Å²) >= 11 is 0. The van der Waals surface area contributed by atoms with Crippen LogP contribution in [0.25, 0.3) is 0 Å². The fourth-order valence-corrected chi connectivity index (χ4v) is 3.40. The van der Waals surface area contributed by atoms with Gasteiger partial charge >= 0.3 is 0 Å². The van der Waals surface area contributed by atoms with Crippen LogP contribution in [-0.2, 0) is 10.0 Å². The molecule has 0 radical (unpaired) electrons. The summed E-state index contributed by atoms with van der Waals surface area (Å²) in [5.74, 6) is 0. The van der Waals surface area contributed by atoms with Crippen molar-refractivity contribution in [1.82, 2.24) is 4.31 Å². The van der Waals surface area contributed by atoms with Gasteiger partial charge in [0, 0.05) is 37.9 Å². The highest BCUT2D eigenvalue weighted by atomic mass is 32.2. The Bertz CT molecular complexity index is 551. The van der Waals surface area contributed by atoms with Crippen LogP contribution in [0.4, 0.5) is 5.69 Å². The second-order valence-corrected chi connectivity index (χ2v) is 7.21. The molecular weight excluding hydrogens is 274 g/mol. The second kappa shape index (κ2) is 6.11. The Kier molecular flexibility index (Phi) is 4.67. The molecule has 1 aliphatic heterocycles. The lowest BCUT2D eigenvalue weighted by Gasteiger charge is -2.36. The summed E-state index contributed by atoms with van der Waals surface area (Å²) in [5.41, 5.74) is 8.44. The van der Waals surface area contributed by atoms with Crippen LogP contribution in [-0.4, -0.2) is 45.2 Å². The number of benzene rings is 1. The molecule has 1 atom stereocenters. The maximum absolute atomic E-state index is 11.5. The molecule has 1 heterocycles. The predicted octanol–water partition coefficient (Wildman–Crippen LogP) is 1.18. The van der Waals surface area contributed by atoms with Gasteiger partial charge in [-0.25, -0.2) is 8.42 Å². The smallest absolute Gasteiger partial charge is 0.211 e. The van der Waals surface area contributed by atoms with E-state index in [0.29, 0.717) is 26.2 Å². The van der Waals surface area contributed by atoms with Crippen molar-refractivity contribution >= 4 is 15.7 Å². The van der Waals surface area contributed by atoms with Gasteiger partial charge in [-0.1, -0.05) is 25.1 Å². The topological polar surface area (TPSA) is 66.6 Å². The molecule has 1 saturated heterocycles. The third-order valence-corrected chi connectivity index (χ3v) is 5.13. The average Bonchev–Trinajstić information content (AvgIpc) is 2.45. The number of hydrogen-bond donors (Lipinski definition) is 1. The molecule has 0 saturated carbocycles. The SMILES string of the molecule is CCC(N)c1ccccc1N1CCN(S(C)(=O)=O)CC1. The van der Waals surface area contributed by atoms with Crippen molar-refractivity contribution in [3.63, 3.8) is 0 Å². The zero-order chi connectivity index (χ0) is 14.8. The van der Waals surface area contributed by atoms with Gasteiger partial charge in [0.2, 0.25) is 10.0 Å². The molecule has 1 aromatic carbocycles. The van der Waals surface area contributed by atoms with E-state index in [1.807, 2.05) is 12.1 Å². The maximum Gasteiger partial charge on any atom is 0.211 e. The number of hydrogen-bond acceptors (Lipinski definition) is 4. The van der Waals surface area contributed by atoms with Gasteiger partial charge < -0.3 is 10.6 Å². The van der Waals surface area contributed by atoms with Gasteiger partial charge in [-0.2, -0.15) is 4.31 Å². The van der Waals surface area contributed by atoms with Gasteiger partial charge in [-0.15, -0.1) is 0 Å². The molecule has 0 aromatic heterocycles. The molecule has 2 N–H and O–H groups in total. The van der Waals surface area contributed by atoms with Crippen LogP contribution in [0.2, 0.25) is 0 Å². The van der Waals surface area contributed by atoms with Crippen LogP contribution in [0, 0.1) is 0 Å². The molecule has 20 heavy (non-hydrogen) atoms. The van der Waals surface area contributed by atoms with Crippen LogP contribution in [0.1, 0.15) is 24.9 Å². The number of nitrogens with two attached hydrogens (primary N) is 1. The molecule has 112 valence electrons. The Balaban J connectivity index is 2.15. The lowest BCUT2D eigenvalue weighted by atomic mass is 10.0. The third-order valence-electron chi connectivity index (χ3n) is 3.82. The van der Waals surface area contributed by atoms with Crippen LogP contribution in [0.3, 0.4) is 0 Å². The first-order valence-corrected chi connectivity index (χ1v) is 8.83. The van der Waals surface area contributed by atoms with Gasteiger partial charge in [0.1, 0.15) is 0 Å². The van der Waals surface area contributed by atoms with Crippen molar-refractivity contribution in [3.05, 3.63) is 29.8 Å². The molecule has 0 bridgehead atoms. The number of sulfonamides is 1. The molecule has 0 aliphatic carbocycles. The van der Waals surface area contributed by atoms with Crippen molar-refractivity contribution < 1.29 is 8.42 Å². The normalized spacial score (nSPS) is 19.1. The Morgan fingerprint density at radius 1 is 1.20 bits per heavy atom. The molecule has 2 rings (SSSR count). The average molecular weight is 297 g/mol. The highest BCUT2D eigenvalue weighted by molar-refractivity contribution is 7.88. The summed E-state index contributed by atoms with van der Waals surface area (Å²) in [5, 5.41) is 0. The zero-order valence-corrected chi connectivity index (χ0v) is 12.9. The minimum Gasteiger partial charge on any atom is -0.369 e. The summed E-state index contributed by atoms with van der Waals surface area (Å²) in [6, 6.07) is 8.16. The summed E-state index contributed by atoms with van der Waals surface area (Å²) in [6.07, 6.45) is 2.16. The Morgan fingerprint density at radius 2 is 1.80 bits per heavy atom. The van der Waals surface area contributed by atoms with Gasteiger partial charge in [-0.05, 0) is 18.1 Å². The second-order valence-electron chi connectivity index (χ2n) is 5.22. The van der Waals surface area contributed by atoms with E-state index in [4.69, 9.17) is 5.73 Å². The summed E-state index contributed by atoms with van der Waals surface area (Å²) in [4.78, 5) is 2.23. The van der Waals surface area contributed by atoms with Crippen LogP contribution in [0.15, 0.2) is 24.3 Å². The number of piperazine rings is 1. The number of rotatable bonds is 4. The lowest BCUT2D eigenvalue weighted by Crippen LogP contribution is -2.48. The highest BCUT2D eigenvalue weighted by Crippen LogP contribution is 2.27. The number of nitrogens with zero attached hydrogens (tertiary/aromatic N) is 2. The zero-order valence-electron chi connectivity index (χ0n) is 12.1. The standard InChI is InChI=1S/C14H23N3O2S/c1-3-13(15)12-6-4-5-7-14(12)16-8-10-17(11-9-16)20(2,18)19/h4-7,13H,3,8-11,15H2,1-2H3. The Labute approximate surface area is 121 Å². The van der Waals surface area contributed by atoms with E-state index >= 15 is 0 Å². The van der Waals surface area contributed by atoms with Crippen molar-refractivity contribution in [2.75, 3.05) is 37.3 Å². The first-order valence-electron chi connectivity index (χ1n) is 6.98. The van der Waals surface area contributed by atoms with E-state index in [-0.39, 0.29) is 6.04 Å². The van der Waals surface area contributed by atoms with E-state index < -0.39 is 10.0 Å². The molecule has 6 heteroatoms. The largest absolute Gasteiger partial charge is 0.369 e. The monoisotopic (exact) mass is 297 g/mol. The summed E-state index contributed by atoms with van der Waals surface area (Å²) in [6.45, 7) is 4.56. The minimum atomic E-state index is -3.08. The predicted molar refractivity (Wildman–Crippen MR) is 82.3 cm³/mol. The van der Waals surface area contributed by atoms with E-state index in [2.05, 4.69) is 24.0 Å². The highest BCUT2D eigenvalue weighted by Gasteiger charge is 2.25. The van der Waals surface area contributed by atoms with Crippen LogP contribution < -0.4 is 10.6 Å². The Morgan fingerprint density at radius 3 is 2.35 bits per heavy atom. The minimum absolute atomic E-state index is 0.0270. The molecule has 0 amide bonds. The molecule has 1 unspecified atom stereocenters. The van der Waals surface area contributed by atoms with Gasteiger partial charge in [0.25, 0.3) is 0 Å². The van der Waals surface area contributed by atoms with Crippen LogP contribution >= 0.6 is 0 Å². The van der Waals surface area contributed by atoms with Crippen molar-refractivity contribution in [2.24, 2.45) is 5.73 Å². The number of anilines is 1. The van der Waals surface area contributed by atoms with Gasteiger partial charge in [0.15, 0.2) is 0 Å².